The van der Waals surface area contributed by atoms with Crippen molar-refractivity contribution in [2.24, 2.45) is 0 Å². The summed E-state index contributed by atoms with van der Waals surface area (Å²) in [5.41, 5.74) is 8.14. The maximum absolute atomic E-state index is 3.59. The Kier molecular flexibility index (Phi) is 3.39. The van der Waals surface area contributed by atoms with Crippen LogP contribution in [-0.2, 0) is 5.41 Å². The lowest BCUT2D eigenvalue weighted by atomic mass is 9.79. The summed E-state index contributed by atoms with van der Waals surface area (Å²) in [5, 5.41) is 2.69. The van der Waals surface area contributed by atoms with E-state index in [0.717, 1.165) is 4.47 Å². The summed E-state index contributed by atoms with van der Waals surface area (Å²) in [4.78, 5) is 0. The summed E-state index contributed by atoms with van der Waals surface area (Å²) in [7, 11) is 0. The van der Waals surface area contributed by atoms with E-state index in [1.54, 1.807) is 0 Å². The first kappa shape index (κ1) is 15.8. The van der Waals surface area contributed by atoms with Crippen molar-refractivity contribution in [2.45, 2.75) is 19.3 Å². The lowest BCUT2D eigenvalue weighted by Gasteiger charge is -2.23. The summed E-state index contributed by atoms with van der Waals surface area (Å²) in [6.07, 6.45) is 0. The topological polar surface area (TPSA) is 0 Å². The van der Waals surface area contributed by atoms with Crippen LogP contribution in [-0.4, -0.2) is 0 Å². The number of rotatable bonds is 1. The van der Waals surface area contributed by atoms with Gasteiger partial charge in [-0.1, -0.05) is 90.4 Å². The zero-order chi connectivity index (χ0) is 17.9. The molecule has 0 atom stereocenters. The van der Waals surface area contributed by atoms with Crippen LogP contribution in [0.25, 0.3) is 33.0 Å². The van der Waals surface area contributed by atoms with Crippen LogP contribution in [0.3, 0.4) is 0 Å². The Morgan fingerprint density at radius 2 is 1.46 bits per heavy atom. The maximum Gasteiger partial charge on any atom is 0.0181 e. The lowest BCUT2D eigenvalue weighted by Crippen LogP contribution is -2.15. The molecule has 1 aliphatic rings. The predicted molar refractivity (Wildman–Crippen MR) is 115 cm³/mol. The minimum Gasteiger partial charge on any atom is -0.0616 e. The van der Waals surface area contributed by atoms with Crippen LogP contribution in [0.15, 0.2) is 83.3 Å². The largest absolute Gasteiger partial charge is 0.0616 e. The zero-order valence-electron chi connectivity index (χ0n) is 14.9. The van der Waals surface area contributed by atoms with Gasteiger partial charge >= 0.3 is 0 Å². The average Bonchev–Trinajstić information content (AvgIpc) is 2.89. The number of halogens is 1. The van der Waals surface area contributed by atoms with Crippen molar-refractivity contribution < 1.29 is 0 Å². The molecule has 0 aromatic heterocycles. The quantitative estimate of drug-likeness (QED) is 0.310. The molecule has 0 unspecified atom stereocenters. The highest BCUT2D eigenvalue weighted by molar-refractivity contribution is 9.10. The zero-order valence-corrected chi connectivity index (χ0v) is 16.5. The molecular formula is C25H19Br. The molecule has 126 valence electrons. The van der Waals surface area contributed by atoms with Crippen LogP contribution in [0.4, 0.5) is 0 Å². The molecule has 0 saturated heterocycles. The van der Waals surface area contributed by atoms with Crippen LogP contribution < -0.4 is 0 Å². The van der Waals surface area contributed by atoms with Gasteiger partial charge in [0.2, 0.25) is 0 Å². The molecule has 4 aromatic carbocycles. The minimum absolute atomic E-state index is 0.00640. The summed E-state index contributed by atoms with van der Waals surface area (Å²) < 4.78 is 1.11. The van der Waals surface area contributed by atoms with Gasteiger partial charge in [-0.15, -0.1) is 0 Å². The Bertz CT molecular complexity index is 1170. The van der Waals surface area contributed by atoms with Crippen LogP contribution >= 0.6 is 15.9 Å². The second-order valence-corrected chi connectivity index (χ2v) is 8.52. The van der Waals surface area contributed by atoms with Gasteiger partial charge in [0, 0.05) is 9.89 Å². The molecule has 1 aliphatic carbocycles. The molecule has 0 bridgehead atoms. The Balaban J connectivity index is 1.77. The molecule has 4 aromatic rings. The van der Waals surface area contributed by atoms with E-state index >= 15 is 0 Å². The fourth-order valence-electron chi connectivity index (χ4n) is 4.45. The van der Waals surface area contributed by atoms with Gasteiger partial charge in [-0.2, -0.15) is 0 Å². The Morgan fingerprint density at radius 1 is 0.692 bits per heavy atom. The van der Waals surface area contributed by atoms with E-state index in [1.165, 1.54) is 44.2 Å². The van der Waals surface area contributed by atoms with Crippen molar-refractivity contribution in [1.29, 1.82) is 0 Å². The third kappa shape index (κ3) is 2.20. The molecule has 0 amide bonds. The minimum atomic E-state index is -0.00640. The smallest absolute Gasteiger partial charge is 0.0181 e. The van der Waals surface area contributed by atoms with Gasteiger partial charge < -0.3 is 0 Å². The van der Waals surface area contributed by atoms with Crippen LogP contribution in [0.1, 0.15) is 25.0 Å². The second-order valence-electron chi connectivity index (χ2n) is 7.60. The third-order valence-corrected chi connectivity index (χ3v) is 6.19. The SMILES string of the molecule is CC1(C)c2cc(-c3cccc(Br)c3)ccc2-c2ccc3ccccc3c21. The van der Waals surface area contributed by atoms with Crippen LogP contribution in [0.2, 0.25) is 0 Å². The first-order valence-corrected chi connectivity index (χ1v) is 9.78. The number of hydrogen-bond acceptors (Lipinski definition) is 0. The highest BCUT2D eigenvalue weighted by Crippen LogP contribution is 2.52. The van der Waals surface area contributed by atoms with E-state index in [-0.39, 0.29) is 5.41 Å². The van der Waals surface area contributed by atoms with E-state index < -0.39 is 0 Å². The fourth-order valence-corrected chi connectivity index (χ4v) is 4.85. The van der Waals surface area contributed by atoms with Gasteiger partial charge in [-0.05, 0) is 62.4 Å². The molecule has 0 aliphatic heterocycles. The molecule has 0 spiro atoms. The van der Waals surface area contributed by atoms with E-state index in [9.17, 15) is 0 Å². The maximum atomic E-state index is 3.59. The molecule has 0 radical (unpaired) electrons. The summed E-state index contributed by atoms with van der Waals surface area (Å²) in [6.45, 7) is 4.71. The lowest BCUT2D eigenvalue weighted by molar-refractivity contribution is 0.666. The van der Waals surface area contributed by atoms with Crippen molar-refractivity contribution in [3.8, 4) is 22.3 Å². The van der Waals surface area contributed by atoms with Crippen molar-refractivity contribution in [2.75, 3.05) is 0 Å². The van der Waals surface area contributed by atoms with Crippen molar-refractivity contribution in [3.05, 3.63) is 94.5 Å². The van der Waals surface area contributed by atoms with E-state index in [2.05, 4.69) is 109 Å². The monoisotopic (exact) mass is 398 g/mol. The van der Waals surface area contributed by atoms with Gasteiger partial charge in [0.15, 0.2) is 0 Å². The average molecular weight is 399 g/mol. The van der Waals surface area contributed by atoms with Crippen LogP contribution in [0.5, 0.6) is 0 Å². The van der Waals surface area contributed by atoms with Gasteiger partial charge in [-0.25, -0.2) is 0 Å². The predicted octanol–water partition coefficient (Wildman–Crippen LogP) is 7.58. The first-order valence-electron chi connectivity index (χ1n) is 8.99. The standard InChI is InChI=1S/C25H19Br/c1-25(2)23-15-18(17-7-5-8-19(26)14-17)11-12-21(23)22-13-10-16-6-3-4-9-20(16)24(22)25/h3-15H,1-2H3. The van der Waals surface area contributed by atoms with Gasteiger partial charge in [-0.3, -0.25) is 0 Å². The van der Waals surface area contributed by atoms with E-state index in [4.69, 9.17) is 0 Å². The van der Waals surface area contributed by atoms with Gasteiger partial charge in [0.05, 0.1) is 0 Å². The highest BCUT2D eigenvalue weighted by atomic mass is 79.9. The third-order valence-electron chi connectivity index (χ3n) is 5.70. The highest BCUT2D eigenvalue weighted by Gasteiger charge is 2.36. The van der Waals surface area contributed by atoms with E-state index in [0.29, 0.717) is 0 Å². The molecule has 0 heterocycles. The molecule has 26 heavy (non-hydrogen) atoms. The van der Waals surface area contributed by atoms with Gasteiger partial charge in [0.1, 0.15) is 0 Å². The summed E-state index contributed by atoms with van der Waals surface area (Å²) in [6, 6.07) is 28.8. The molecule has 0 saturated carbocycles. The van der Waals surface area contributed by atoms with Gasteiger partial charge in [0.25, 0.3) is 0 Å². The Hall–Kier alpha value is -2.38. The van der Waals surface area contributed by atoms with Crippen molar-refractivity contribution in [3.63, 3.8) is 0 Å². The second kappa shape index (κ2) is 5.56. The molecule has 0 N–H and O–H groups in total. The number of benzene rings is 4. The molecule has 0 fully saturated rings. The van der Waals surface area contributed by atoms with Crippen molar-refractivity contribution in [1.82, 2.24) is 0 Å². The van der Waals surface area contributed by atoms with E-state index in [1.807, 2.05) is 0 Å². The number of fused-ring (bicyclic) bond motifs is 5. The normalized spacial score (nSPS) is 14.3. The summed E-state index contributed by atoms with van der Waals surface area (Å²) >= 11 is 3.59. The first-order chi connectivity index (χ1) is 12.6. The fraction of sp³-hybridized carbons (Fsp3) is 0.120. The molecule has 0 nitrogen and oxygen atoms in total. The molecular weight excluding hydrogens is 380 g/mol. The molecule has 5 rings (SSSR count). The van der Waals surface area contributed by atoms with Crippen LogP contribution in [0, 0.1) is 0 Å². The Morgan fingerprint density at radius 3 is 2.31 bits per heavy atom. The summed E-state index contributed by atoms with van der Waals surface area (Å²) in [5.74, 6) is 0. The molecule has 1 heteroatoms. The Labute approximate surface area is 162 Å². The number of hydrogen-bond donors (Lipinski definition) is 0. The van der Waals surface area contributed by atoms with Crippen molar-refractivity contribution >= 4 is 26.7 Å².